The molecule has 0 heterocycles. The minimum Gasteiger partial charge on any atom is -0.327 e. The van der Waals surface area contributed by atoms with Gasteiger partial charge in [-0.15, -0.1) is 11.8 Å². The number of hydrogen-bond donors (Lipinski definition) is 1. The number of thioether (sulfide) groups is 1. The second-order valence-electron chi connectivity index (χ2n) is 4.36. The summed E-state index contributed by atoms with van der Waals surface area (Å²) in [5.74, 6) is 0.900. The third-order valence-corrected chi connectivity index (χ3v) is 4.67. The summed E-state index contributed by atoms with van der Waals surface area (Å²) in [5, 5.41) is 0.767. The highest BCUT2D eigenvalue weighted by molar-refractivity contribution is 9.10. The summed E-state index contributed by atoms with van der Waals surface area (Å²) in [7, 11) is 0. The maximum absolute atomic E-state index is 6.16. The minimum absolute atomic E-state index is 0.154. The highest BCUT2D eigenvalue weighted by Gasteiger charge is 2.05. The molecule has 2 aromatic rings. The predicted molar refractivity (Wildman–Crippen MR) is 88.0 cm³/mol. The van der Waals surface area contributed by atoms with Crippen LogP contribution in [0.3, 0.4) is 0 Å². The average Bonchev–Trinajstić information content (AvgIpc) is 2.41. The number of benzene rings is 2. The molecule has 0 aliphatic rings. The monoisotopic (exact) mass is 355 g/mol. The van der Waals surface area contributed by atoms with Gasteiger partial charge in [-0.25, -0.2) is 0 Å². The summed E-state index contributed by atoms with van der Waals surface area (Å²) in [6.07, 6.45) is 0.897. The number of hydrogen-bond acceptors (Lipinski definition) is 2. The van der Waals surface area contributed by atoms with Gasteiger partial charge >= 0.3 is 0 Å². The highest BCUT2D eigenvalue weighted by Crippen LogP contribution is 2.21. The van der Waals surface area contributed by atoms with Crippen LogP contribution in [0.25, 0.3) is 0 Å². The number of rotatable bonds is 5. The molecule has 2 rings (SSSR count). The van der Waals surface area contributed by atoms with Gasteiger partial charge in [0.05, 0.1) is 0 Å². The van der Waals surface area contributed by atoms with Crippen LogP contribution in [0.1, 0.15) is 5.56 Å². The van der Waals surface area contributed by atoms with Crippen LogP contribution in [0.4, 0.5) is 0 Å². The zero-order valence-corrected chi connectivity index (χ0v) is 13.5. The van der Waals surface area contributed by atoms with E-state index in [1.54, 1.807) is 11.8 Å². The summed E-state index contributed by atoms with van der Waals surface area (Å²) in [6.45, 7) is 0. The summed E-state index contributed by atoms with van der Waals surface area (Å²) in [4.78, 5) is 1.20. The van der Waals surface area contributed by atoms with Crippen molar-refractivity contribution < 1.29 is 0 Å². The first kappa shape index (κ1) is 14.9. The molecule has 1 unspecified atom stereocenters. The molecule has 0 aliphatic heterocycles. The summed E-state index contributed by atoms with van der Waals surface area (Å²) < 4.78 is 1.10. The molecule has 1 atom stereocenters. The molecule has 0 saturated heterocycles. The molecule has 100 valence electrons. The maximum Gasteiger partial charge on any atom is 0.0406 e. The fraction of sp³-hybridized carbons (Fsp3) is 0.200. The third kappa shape index (κ3) is 5.19. The Morgan fingerprint density at radius 1 is 1.05 bits per heavy atom. The lowest BCUT2D eigenvalue weighted by Gasteiger charge is -2.11. The van der Waals surface area contributed by atoms with Gasteiger partial charge in [0.25, 0.3) is 0 Å². The number of halogens is 2. The predicted octanol–water partition coefficient (Wildman–Crippen LogP) is 4.76. The van der Waals surface area contributed by atoms with Gasteiger partial charge in [0.1, 0.15) is 0 Å². The van der Waals surface area contributed by atoms with Gasteiger partial charge in [-0.1, -0.05) is 39.7 Å². The number of nitrogens with two attached hydrogens (primary N) is 1. The van der Waals surface area contributed by atoms with Gasteiger partial charge in [0, 0.05) is 26.2 Å². The van der Waals surface area contributed by atoms with E-state index < -0.39 is 0 Å². The molecule has 2 N–H and O–H groups in total. The second kappa shape index (κ2) is 7.34. The van der Waals surface area contributed by atoms with Crippen molar-refractivity contribution in [3.8, 4) is 0 Å². The lowest BCUT2D eigenvalue weighted by atomic mass is 10.1. The molecular formula is C15H15BrClNS. The SMILES string of the molecule is NC(CSc1ccc(Cl)cc1)Cc1ccc(Br)cc1. The summed E-state index contributed by atoms with van der Waals surface area (Å²) in [6, 6.07) is 16.3. The Kier molecular flexibility index (Phi) is 5.76. The van der Waals surface area contributed by atoms with Crippen LogP contribution in [0.15, 0.2) is 57.9 Å². The Morgan fingerprint density at radius 2 is 1.68 bits per heavy atom. The third-order valence-electron chi connectivity index (χ3n) is 2.69. The Labute approximate surface area is 131 Å². The molecule has 0 aromatic heterocycles. The van der Waals surface area contributed by atoms with Crippen LogP contribution in [0.2, 0.25) is 5.02 Å². The topological polar surface area (TPSA) is 26.0 Å². The highest BCUT2D eigenvalue weighted by atomic mass is 79.9. The van der Waals surface area contributed by atoms with Gasteiger partial charge in [0.15, 0.2) is 0 Å². The van der Waals surface area contributed by atoms with Crippen LogP contribution in [-0.2, 0) is 6.42 Å². The normalized spacial score (nSPS) is 12.4. The maximum atomic E-state index is 6.16. The summed E-state index contributed by atoms with van der Waals surface area (Å²) in [5.41, 5.74) is 7.43. The molecule has 0 amide bonds. The average molecular weight is 357 g/mol. The van der Waals surface area contributed by atoms with Gasteiger partial charge in [-0.2, -0.15) is 0 Å². The molecule has 1 nitrogen and oxygen atoms in total. The quantitative estimate of drug-likeness (QED) is 0.781. The first-order valence-corrected chi connectivity index (χ1v) is 8.17. The van der Waals surface area contributed by atoms with Crippen LogP contribution < -0.4 is 5.73 Å². The van der Waals surface area contributed by atoms with Gasteiger partial charge in [0.2, 0.25) is 0 Å². The lowest BCUT2D eigenvalue weighted by molar-refractivity contribution is 0.748. The van der Waals surface area contributed by atoms with Gasteiger partial charge in [-0.05, 0) is 48.4 Å². The Morgan fingerprint density at radius 3 is 2.32 bits per heavy atom. The Balaban J connectivity index is 1.82. The van der Waals surface area contributed by atoms with E-state index in [4.69, 9.17) is 17.3 Å². The Bertz CT molecular complexity index is 513. The fourth-order valence-electron chi connectivity index (χ4n) is 1.72. The van der Waals surface area contributed by atoms with Crippen molar-refractivity contribution in [2.45, 2.75) is 17.4 Å². The molecule has 19 heavy (non-hydrogen) atoms. The molecule has 0 spiro atoms. The molecule has 0 fully saturated rings. The van der Waals surface area contributed by atoms with E-state index in [-0.39, 0.29) is 6.04 Å². The largest absolute Gasteiger partial charge is 0.327 e. The van der Waals surface area contributed by atoms with E-state index in [1.165, 1.54) is 10.5 Å². The van der Waals surface area contributed by atoms with Crippen molar-refractivity contribution >= 4 is 39.3 Å². The minimum atomic E-state index is 0.154. The van der Waals surface area contributed by atoms with Crippen molar-refractivity contribution in [1.82, 2.24) is 0 Å². The van der Waals surface area contributed by atoms with E-state index in [9.17, 15) is 0 Å². The first-order chi connectivity index (χ1) is 9.13. The zero-order valence-electron chi connectivity index (χ0n) is 10.4. The molecule has 0 radical (unpaired) electrons. The summed E-state index contributed by atoms with van der Waals surface area (Å²) >= 11 is 11.1. The standard InChI is InChI=1S/C15H15BrClNS/c16-12-3-1-11(2-4-12)9-14(18)10-19-15-7-5-13(17)6-8-15/h1-8,14H,9-10,18H2. The van der Waals surface area contributed by atoms with E-state index >= 15 is 0 Å². The smallest absolute Gasteiger partial charge is 0.0406 e. The van der Waals surface area contributed by atoms with Crippen LogP contribution in [0, 0.1) is 0 Å². The van der Waals surface area contributed by atoms with Crippen molar-refractivity contribution in [2.75, 3.05) is 5.75 Å². The van der Waals surface area contributed by atoms with Crippen molar-refractivity contribution in [1.29, 1.82) is 0 Å². The van der Waals surface area contributed by atoms with Crippen LogP contribution in [0.5, 0.6) is 0 Å². The van der Waals surface area contributed by atoms with Crippen molar-refractivity contribution in [3.63, 3.8) is 0 Å². The van der Waals surface area contributed by atoms with Gasteiger partial charge < -0.3 is 5.73 Å². The molecular weight excluding hydrogens is 342 g/mol. The lowest BCUT2D eigenvalue weighted by Crippen LogP contribution is -2.25. The molecule has 2 aromatic carbocycles. The molecule has 0 bridgehead atoms. The van der Waals surface area contributed by atoms with E-state index in [2.05, 4.69) is 28.1 Å². The van der Waals surface area contributed by atoms with E-state index in [0.29, 0.717) is 0 Å². The van der Waals surface area contributed by atoms with Crippen molar-refractivity contribution in [3.05, 3.63) is 63.6 Å². The zero-order chi connectivity index (χ0) is 13.7. The van der Waals surface area contributed by atoms with E-state index in [0.717, 1.165) is 21.7 Å². The van der Waals surface area contributed by atoms with E-state index in [1.807, 2.05) is 36.4 Å². The van der Waals surface area contributed by atoms with Crippen LogP contribution >= 0.6 is 39.3 Å². The van der Waals surface area contributed by atoms with Gasteiger partial charge in [-0.3, -0.25) is 0 Å². The molecule has 4 heteroatoms. The van der Waals surface area contributed by atoms with Crippen LogP contribution in [-0.4, -0.2) is 11.8 Å². The first-order valence-electron chi connectivity index (χ1n) is 6.02. The van der Waals surface area contributed by atoms with Crippen molar-refractivity contribution in [2.24, 2.45) is 5.73 Å². The molecule has 0 aliphatic carbocycles. The fourth-order valence-corrected chi connectivity index (χ4v) is 2.96. The Hall–Kier alpha value is -0.480. The molecule has 0 saturated carbocycles. The second-order valence-corrected chi connectivity index (χ2v) is 6.80.